The van der Waals surface area contributed by atoms with Crippen LogP contribution in [0.2, 0.25) is 0 Å². The van der Waals surface area contributed by atoms with Crippen LogP contribution in [0.1, 0.15) is 10.5 Å². The Hall–Kier alpha value is -2.39. The van der Waals surface area contributed by atoms with Crippen LogP contribution >= 0.6 is 0 Å². The monoisotopic (exact) mass is 258 g/mol. The highest BCUT2D eigenvalue weighted by molar-refractivity contribution is 5.97. The van der Waals surface area contributed by atoms with E-state index in [-0.39, 0.29) is 5.69 Å². The standard InChI is InChI=1S/C9H10N2O7/c12-5(7(14)15)9(18,8(16)17)11-6(13)4-2-1-3-10-4/h1-3,5,10,12,18H,(H,11,13)(H,14,15)(H,16,17). The normalized spacial score (nSPS) is 15.4. The first-order chi connectivity index (χ1) is 8.29. The van der Waals surface area contributed by atoms with Gasteiger partial charge in [-0.15, -0.1) is 0 Å². The van der Waals surface area contributed by atoms with Crippen LogP contribution in [0, 0.1) is 0 Å². The first kappa shape index (κ1) is 13.7. The van der Waals surface area contributed by atoms with Crippen molar-refractivity contribution >= 4 is 17.8 Å². The van der Waals surface area contributed by atoms with Gasteiger partial charge in [0.05, 0.1) is 0 Å². The Morgan fingerprint density at radius 1 is 1.33 bits per heavy atom. The van der Waals surface area contributed by atoms with Crippen molar-refractivity contribution in [2.45, 2.75) is 11.8 Å². The van der Waals surface area contributed by atoms with Crippen LogP contribution in [0.25, 0.3) is 0 Å². The maximum Gasteiger partial charge on any atom is 0.360 e. The molecule has 0 aliphatic carbocycles. The Bertz CT molecular complexity index is 469. The van der Waals surface area contributed by atoms with E-state index in [0.717, 1.165) is 0 Å². The number of aliphatic hydroxyl groups is 2. The van der Waals surface area contributed by atoms with Crippen LogP contribution in [-0.2, 0) is 9.59 Å². The predicted molar refractivity (Wildman–Crippen MR) is 54.5 cm³/mol. The quantitative estimate of drug-likeness (QED) is 0.332. The highest BCUT2D eigenvalue weighted by Crippen LogP contribution is 2.10. The minimum Gasteiger partial charge on any atom is -0.479 e. The number of carbonyl (C=O) groups excluding carboxylic acids is 1. The third kappa shape index (κ3) is 2.47. The minimum atomic E-state index is -3.33. The number of H-pyrrole nitrogens is 1. The van der Waals surface area contributed by atoms with E-state index < -0.39 is 29.7 Å². The molecule has 0 spiro atoms. The number of hydrogen-bond acceptors (Lipinski definition) is 5. The molecule has 0 saturated carbocycles. The fraction of sp³-hybridized carbons (Fsp3) is 0.222. The van der Waals surface area contributed by atoms with E-state index in [1.165, 1.54) is 23.6 Å². The molecule has 0 saturated heterocycles. The van der Waals surface area contributed by atoms with E-state index in [9.17, 15) is 19.5 Å². The summed E-state index contributed by atoms with van der Waals surface area (Å²) in [5.41, 5.74) is -3.43. The smallest absolute Gasteiger partial charge is 0.360 e. The van der Waals surface area contributed by atoms with E-state index in [1.54, 1.807) is 0 Å². The van der Waals surface area contributed by atoms with Crippen molar-refractivity contribution in [3.05, 3.63) is 24.0 Å². The molecular weight excluding hydrogens is 248 g/mol. The van der Waals surface area contributed by atoms with E-state index >= 15 is 0 Å². The van der Waals surface area contributed by atoms with Crippen LogP contribution < -0.4 is 5.32 Å². The fourth-order valence-electron chi connectivity index (χ4n) is 1.13. The van der Waals surface area contributed by atoms with Gasteiger partial charge >= 0.3 is 11.9 Å². The summed E-state index contributed by atoms with van der Waals surface area (Å²) in [7, 11) is 0. The molecule has 1 rings (SSSR count). The maximum absolute atomic E-state index is 11.5. The molecule has 0 bridgehead atoms. The summed E-state index contributed by atoms with van der Waals surface area (Å²) in [6.45, 7) is 0. The summed E-state index contributed by atoms with van der Waals surface area (Å²) in [5.74, 6) is -5.17. The zero-order chi connectivity index (χ0) is 13.9. The molecule has 0 fully saturated rings. The molecule has 1 amide bonds. The highest BCUT2D eigenvalue weighted by atomic mass is 16.5. The number of amides is 1. The van der Waals surface area contributed by atoms with E-state index in [1.807, 2.05) is 0 Å². The lowest BCUT2D eigenvalue weighted by molar-refractivity contribution is -0.186. The van der Waals surface area contributed by atoms with Gasteiger partial charge in [-0.1, -0.05) is 0 Å². The van der Waals surface area contributed by atoms with Gasteiger partial charge in [-0.05, 0) is 12.1 Å². The van der Waals surface area contributed by atoms with Crippen LogP contribution in [0.5, 0.6) is 0 Å². The zero-order valence-corrected chi connectivity index (χ0v) is 8.82. The van der Waals surface area contributed by atoms with Gasteiger partial charge in [0.25, 0.3) is 11.6 Å². The average molecular weight is 258 g/mol. The number of carboxylic acid groups (broad SMARTS) is 2. The summed E-state index contributed by atoms with van der Waals surface area (Å²) in [4.78, 5) is 35.2. The molecule has 1 heterocycles. The second kappa shape index (κ2) is 4.85. The number of hydrogen-bond donors (Lipinski definition) is 6. The molecule has 1 aromatic rings. The number of aliphatic carboxylic acids is 2. The molecule has 9 nitrogen and oxygen atoms in total. The molecule has 9 heteroatoms. The third-order valence-electron chi connectivity index (χ3n) is 2.10. The Balaban J connectivity index is 2.97. The van der Waals surface area contributed by atoms with Crippen molar-refractivity contribution in [2.24, 2.45) is 0 Å². The summed E-state index contributed by atoms with van der Waals surface area (Å²) < 4.78 is 0. The molecule has 1 aromatic heterocycles. The summed E-state index contributed by atoms with van der Waals surface area (Å²) in [6.07, 6.45) is -1.35. The summed E-state index contributed by atoms with van der Waals surface area (Å²) in [6, 6.07) is 2.70. The van der Waals surface area contributed by atoms with Gasteiger partial charge in [-0.25, -0.2) is 9.59 Å². The third-order valence-corrected chi connectivity index (χ3v) is 2.10. The Morgan fingerprint density at radius 2 is 1.94 bits per heavy atom. The first-order valence-corrected chi connectivity index (χ1v) is 4.61. The zero-order valence-electron chi connectivity index (χ0n) is 8.82. The number of aromatic amines is 1. The van der Waals surface area contributed by atoms with E-state index in [2.05, 4.69) is 4.98 Å². The number of carboxylic acids is 2. The maximum atomic E-state index is 11.5. The Morgan fingerprint density at radius 3 is 2.33 bits per heavy atom. The predicted octanol–water partition coefficient (Wildman–Crippen LogP) is -2.04. The number of carbonyl (C=O) groups is 3. The SMILES string of the molecule is O=C(NC(O)(C(=O)O)C(O)C(=O)O)c1ccc[nH]1. The van der Waals surface area contributed by atoms with Gasteiger partial charge in [0, 0.05) is 6.20 Å². The number of nitrogens with one attached hydrogen (secondary N) is 2. The molecule has 6 N–H and O–H groups in total. The van der Waals surface area contributed by atoms with Gasteiger partial charge in [0.2, 0.25) is 6.10 Å². The topological polar surface area (TPSA) is 160 Å². The second-order valence-corrected chi connectivity index (χ2v) is 3.35. The molecule has 2 unspecified atom stereocenters. The molecule has 18 heavy (non-hydrogen) atoms. The summed E-state index contributed by atoms with van der Waals surface area (Å²) in [5, 5.41) is 37.3. The van der Waals surface area contributed by atoms with Crippen LogP contribution in [0.3, 0.4) is 0 Å². The second-order valence-electron chi connectivity index (χ2n) is 3.35. The fourth-order valence-corrected chi connectivity index (χ4v) is 1.13. The van der Waals surface area contributed by atoms with Gasteiger partial charge in [-0.2, -0.15) is 0 Å². The molecule has 2 atom stereocenters. The van der Waals surface area contributed by atoms with Crippen LogP contribution in [-0.4, -0.2) is 55.1 Å². The minimum absolute atomic E-state index is 0.104. The van der Waals surface area contributed by atoms with Gasteiger partial charge < -0.3 is 30.7 Å². The van der Waals surface area contributed by atoms with Crippen molar-refractivity contribution < 1.29 is 34.8 Å². The molecule has 0 radical (unpaired) electrons. The Labute approximate surface area is 99.7 Å². The molecule has 0 aliphatic heterocycles. The Kier molecular flexibility index (Phi) is 3.69. The molecule has 0 aliphatic rings. The molecular formula is C9H10N2O7. The highest BCUT2D eigenvalue weighted by Gasteiger charge is 2.49. The first-order valence-electron chi connectivity index (χ1n) is 4.61. The van der Waals surface area contributed by atoms with Crippen molar-refractivity contribution in [3.8, 4) is 0 Å². The summed E-state index contributed by atoms with van der Waals surface area (Å²) >= 11 is 0. The van der Waals surface area contributed by atoms with E-state index in [4.69, 9.17) is 15.3 Å². The van der Waals surface area contributed by atoms with Crippen molar-refractivity contribution in [1.29, 1.82) is 0 Å². The lowest BCUT2D eigenvalue weighted by Gasteiger charge is -2.26. The van der Waals surface area contributed by atoms with Gasteiger partial charge in [0.15, 0.2) is 0 Å². The van der Waals surface area contributed by atoms with Gasteiger partial charge in [-0.3, -0.25) is 4.79 Å². The van der Waals surface area contributed by atoms with Crippen molar-refractivity contribution in [1.82, 2.24) is 10.3 Å². The van der Waals surface area contributed by atoms with Gasteiger partial charge in [0.1, 0.15) is 5.69 Å². The molecule has 0 aromatic carbocycles. The van der Waals surface area contributed by atoms with Crippen molar-refractivity contribution in [2.75, 3.05) is 0 Å². The molecule has 98 valence electrons. The van der Waals surface area contributed by atoms with E-state index in [0.29, 0.717) is 0 Å². The van der Waals surface area contributed by atoms with Crippen LogP contribution in [0.15, 0.2) is 18.3 Å². The lowest BCUT2D eigenvalue weighted by Crippen LogP contribution is -2.64. The number of aliphatic hydroxyl groups excluding tert-OH is 1. The van der Waals surface area contributed by atoms with Crippen molar-refractivity contribution in [3.63, 3.8) is 0 Å². The van der Waals surface area contributed by atoms with Crippen LogP contribution in [0.4, 0.5) is 0 Å². The number of aromatic nitrogens is 1. The lowest BCUT2D eigenvalue weighted by atomic mass is 10.1. The number of rotatable bonds is 5. The largest absolute Gasteiger partial charge is 0.479 e. The average Bonchev–Trinajstić information content (AvgIpc) is 2.80.